The highest BCUT2D eigenvalue weighted by molar-refractivity contribution is 8.20. The third kappa shape index (κ3) is 4.50. The number of halogens is 3. The molecule has 0 fully saturated rings. The first-order valence-electron chi connectivity index (χ1n) is 7.94. The van der Waals surface area contributed by atoms with E-state index in [-0.39, 0.29) is 17.2 Å². The predicted molar refractivity (Wildman–Crippen MR) is 98.7 cm³/mol. The molecule has 3 rings (SSSR count). The summed E-state index contributed by atoms with van der Waals surface area (Å²) in [6.07, 6.45) is 3.16. The van der Waals surface area contributed by atoms with Crippen LogP contribution in [0.25, 0.3) is 11.1 Å². The highest BCUT2D eigenvalue weighted by atomic mass is 32.3. The van der Waals surface area contributed by atoms with Crippen LogP contribution in [0.15, 0.2) is 70.6 Å². The summed E-state index contributed by atoms with van der Waals surface area (Å²) in [6.45, 7) is 0.678. The minimum Gasteiger partial charge on any atom is -0.438 e. The quantitative estimate of drug-likeness (QED) is 0.668. The maximum absolute atomic E-state index is 12.8. The van der Waals surface area contributed by atoms with Crippen LogP contribution in [0.3, 0.4) is 0 Å². The normalized spacial score (nSPS) is 12.0. The molecule has 0 radical (unpaired) electrons. The summed E-state index contributed by atoms with van der Waals surface area (Å²) in [5, 5.41) is 0. The zero-order chi connectivity index (χ0) is 19.4. The first kappa shape index (κ1) is 19.0. The second-order valence-electron chi connectivity index (χ2n) is 5.57. The Labute approximate surface area is 155 Å². The molecule has 0 bridgehead atoms. The van der Waals surface area contributed by atoms with Crippen molar-refractivity contribution in [3.8, 4) is 22.8 Å². The second-order valence-corrected chi connectivity index (χ2v) is 6.86. The Kier molecular flexibility index (Phi) is 5.52. The van der Waals surface area contributed by atoms with Gasteiger partial charge in [-0.05, 0) is 42.5 Å². The number of nitrogens with two attached hydrogens (primary N) is 1. The summed E-state index contributed by atoms with van der Waals surface area (Å²) in [5.41, 5.74) is 6.63. The summed E-state index contributed by atoms with van der Waals surface area (Å²) in [4.78, 5) is 15.3. The Morgan fingerprint density at radius 2 is 1.81 bits per heavy atom. The summed E-state index contributed by atoms with van der Waals surface area (Å²) in [6, 6.07) is 11.0. The van der Waals surface area contributed by atoms with Gasteiger partial charge in [0.2, 0.25) is 17.1 Å². The third-order valence-electron chi connectivity index (χ3n) is 3.74. The summed E-state index contributed by atoms with van der Waals surface area (Å²) in [5.74, 6) is 0.459. The van der Waals surface area contributed by atoms with Gasteiger partial charge in [-0.3, -0.25) is 4.79 Å². The van der Waals surface area contributed by atoms with Gasteiger partial charge in [0, 0.05) is 42.7 Å². The van der Waals surface area contributed by atoms with E-state index in [9.17, 15) is 16.5 Å². The Hall–Kier alpha value is -2.78. The van der Waals surface area contributed by atoms with E-state index >= 15 is 0 Å². The van der Waals surface area contributed by atoms with Gasteiger partial charge in [-0.15, -0.1) is 11.7 Å². The predicted octanol–water partition coefficient (Wildman–Crippen LogP) is 4.48. The Morgan fingerprint density at radius 1 is 1.07 bits per heavy atom. The molecule has 0 spiro atoms. The molecule has 0 saturated heterocycles. The molecular weight excluding hydrogens is 379 g/mol. The number of pyridine rings is 2. The molecule has 0 unspecified atom stereocenters. The van der Waals surface area contributed by atoms with Crippen molar-refractivity contribution in [1.82, 2.24) is 9.55 Å². The molecule has 0 amide bonds. The van der Waals surface area contributed by atoms with Crippen molar-refractivity contribution in [3.05, 3.63) is 71.3 Å². The zero-order valence-electron chi connectivity index (χ0n) is 14.0. The van der Waals surface area contributed by atoms with Crippen LogP contribution >= 0.6 is 11.2 Å². The van der Waals surface area contributed by atoms with Gasteiger partial charge in [0.15, 0.2) is 0 Å². The van der Waals surface area contributed by atoms with Crippen LogP contribution in [-0.4, -0.2) is 16.1 Å². The van der Waals surface area contributed by atoms with E-state index in [1.807, 2.05) is 0 Å². The van der Waals surface area contributed by atoms with Gasteiger partial charge >= 0.3 is 0 Å². The topological polar surface area (TPSA) is 70.1 Å². The number of aromatic nitrogens is 2. The Bertz CT molecular complexity index is 988. The zero-order valence-corrected chi connectivity index (χ0v) is 14.8. The number of hydrogen-bond acceptors (Lipinski definition) is 4. The molecule has 1 aromatic carbocycles. The van der Waals surface area contributed by atoms with Gasteiger partial charge in [0.25, 0.3) is 5.56 Å². The van der Waals surface area contributed by atoms with Gasteiger partial charge in [-0.25, -0.2) is 4.98 Å². The third-order valence-corrected chi connectivity index (χ3v) is 4.55. The lowest BCUT2D eigenvalue weighted by Gasteiger charge is -2.13. The van der Waals surface area contributed by atoms with Crippen LogP contribution in [0.1, 0.15) is 0 Å². The molecular formula is C18H16F3N3O2S. The van der Waals surface area contributed by atoms with Crippen molar-refractivity contribution in [3.63, 3.8) is 0 Å². The molecule has 5 nitrogen and oxygen atoms in total. The smallest absolute Gasteiger partial charge is 0.250 e. The molecule has 142 valence electrons. The molecule has 0 aliphatic heterocycles. The molecule has 0 aliphatic rings. The van der Waals surface area contributed by atoms with Gasteiger partial charge < -0.3 is 15.0 Å². The van der Waals surface area contributed by atoms with Crippen LogP contribution in [0, 0.1) is 0 Å². The van der Waals surface area contributed by atoms with Gasteiger partial charge in [0.1, 0.15) is 5.75 Å². The average molecular weight is 395 g/mol. The van der Waals surface area contributed by atoms with E-state index in [1.165, 1.54) is 29.0 Å². The fourth-order valence-corrected chi connectivity index (χ4v) is 2.91. The Morgan fingerprint density at radius 3 is 2.48 bits per heavy atom. The lowest BCUT2D eigenvalue weighted by Crippen LogP contribution is -2.22. The van der Waals surface area contributed by atoms with E-state index in [4.69, 9.17) is 10.5 Å². The molecule has 9 heteroatoms. The fourth-order valence-electron chi connectivity index (χ4n) is 2.47. The van der Waals surface area contributed by atoms with Crippen molar-refractivity contribution >= 4 is 11.2 Å². The summed E-state index contributed by atoms with van der Waals surface area (Å²) >= 11 is -5.27. The lowest BCUT2D eigenvalue weighted by molar-refractivity contribution is 0.464. The number of benzene rings is 1. The van der Waals surface area contributed by atoms with Gasteiger partial charge in [-0.2, -0.15) is 0 Å². The molecule has 3 aromatic rings. The van der Waals surface area contributed by atoms with Crippen molar-refractivity contribution in [1.29, 1.82) is 0 Å². The van der Waals surface area contributed by atoms with E-state index in [1.54, 1.807) is 24.4 Å². The standard InChI is InChI=1S/C18H16F3N3O2S/c19-27(20,21)15-6-4-14(5-7-15)26-18-16(2-1-10-23-18)13-3-8-17(25)24(12-13)11-9-22/h1-8,10,12H,9,11,22H2. The molecule has 0 saturated carbocycles. The molecule has 2 aromatic heterocycles. The van der Waals surface area contributed by atoms with E-state index in [0.717, 1.165) is 12.1 Å². The highest BCUT2D eigenvalue weighted by Crippen LogP contribution is 2.60. The molecule has 2 heterocycles. The fraction of sp³-hybridized carbons (Fsp3) is 0.111. The SMILES string of the molecule is NCCn1cc(-c2cccnc2Oc2ccc(S(F)(F)F)cc2)ccc1=O. The molecule has 2 N–H and O–H groups in total. The number of nitrogens with zero attached hydrogens (tertiary/aromatic N) is 2. The minimum absolute atomic E-state index is 0.180. The number of hydrogen-bond donors (Lipinski definition) is 1. The average Bonchev–Trinajstić information content (AvgIpc) is 2.64. The van der Waals surface area contributed by atoms with Crippen molar-refractivity contribution < 1.29 is 16.4 Å². The van der Waals surface area contributed by atoms with E-state index in [0.29, 0.717) is 24.2 Å². The van der Waals surface area contributed by atoms with Crippen molar-refractivity contribution in [2.24, 2.45) is 5.73 Å². The largest absolute Gasteiger partial charge is 0.438 e. The van der Waals surface area contributed by atoms with E-state index in [2.05, 4.69) is 4.98 Å². The summed E-state index contributed by atoms with van der Waals surface area (Å²) in [7, 11) is 0. The lowest BCUT2D eigenvalue weighted by atomic mass is 10.1. The van der Waals surface area contributed by atoms with Crippen LogP contribution in [0.5, 0.6) is 11.6 Å². The first-order chi connectivity index (χ1) is 12.9. The van der Waals surface area contributed by atoms with Crippen LogP contribution in [0.2, 0.25) is 0 Å². The molecule has 27 heavy (non-hydrogen) atoms. The maximum Gasteiger partial charge on any atom is 0.250 e. The Balaban J connectivity index is 1.93. The molecule has 0 aliphatic carbocycles. The van der Waals surface area contributed by atoms with Crippen LogP contribution in [0.4, 0.5) is 11.7 Å². The van der Waals surface area contributed by atoms with Crippen LogP contribution in [-0.2, 0) is 6.54 Å². The summed E-state index contributed by atoms with van der Waals surface area (Å²) < 4.78 is 45.4. The number of ether oxygens (including phenoxy) is 1. The first-order valence-corrected chi connectivity index (χ1v) is 9.28. The highest BCUT2D eigenvalue weighted by Gasteiger charge is 2.24. The second kappa shape index (κ2) is 7.85. The van der Waals surface area contributed by atoms with Gasteiger partial charge in [0.05, 0.1) is 4.90 Å². The van der Waals surface area contributed by atoms with Crippen molar-refractivity contribution in [2.75, 3.05) is 6.54 Å². The monoisotopic (exact) mass is 395 g/mol. The van der Waals surface area contributed by atoms with Crippen LogP contribution < -0.4 is 16.0 Å². The van der Waals surface area contributed by atoms with Crippen molar-refractivity contribution in [2.45, 2.75) is 11.4 Å². The van der Waals surface area contributed by atoms with Gasteiger partial charge in [-0.1, -0.05) is 0 Å². The number of rotatable bonds is 6. The minimum atomic E-state index is -5.27. The maximum atomic E-state index is 12.8. The molecule has 0 atom stereocenters. The van der Waals surface area contributed by atoms with E-state index < -0.39 is 16.1 Å².